The van der Waals surface area contributed by atoms with E-state index >= 15 is 0 Å². The van der Waals surface area contributed by atoms with Crippen LogP contribution in [0.5, 0.6) is 5.75 Å². The third-order valence-electron chi connectivity index (χ3n) is 5.93. The van der Waals surface area contributed by atoms with Crippen LogP contribution in [-0.4, -0.2) is 44.4 Å². The molecule has 2 aliphatic rings. The average molecular weight is 423 g/mol. The number of hydrogen-bond donors (Lipinski definition) is 1. The molecule has 0 atom stereocenters. The van der Waals surface area contributed by atoms with Gasteiger partial charge >= 0.3 is 0 Å². The van der Waals surface area contributed by atoms with Gasteiger partial charge in [-0.15, -0.1) is 0 Å². The van der Waals surface area contributed by atoms with E-state index in [1.807, 2.05) is 6.92 Å². The van der Waals surface area contributed by atoms with E-state index in [-0.39, 0.29) is 18.6 Å². The summed E-state index contributed by atoms with van der Waals surface area (Å²) in [6, 6.07) is 5.13. The van der Waals surface area contributed by atoms with Crippen molar-refractivity contribution < 1.29 is 17.9 Å². The van der Waals surface area contributed by atoms with E-state index in [0.29, 0.717) is 23.7 Å². The van der Waals surface area contributed by atoms with Crippen molar-refractivity contribution >= 4 is 15.9 Å². The SMILES string of the molecule is Cc1cc(S(=O)(=O)N2CCCCC2)ccc1OCC(=O)NC1CCCCCCC1. The summed E-state index contributed by atoms with van der Waals surface area (Å²) in [4.78, 5) is 12.6. The van der Waals surface area contributed by atoms with E-state index < -0.39 is 10.0 Å². The second kappa shape index (κ2) is 10.4. The minimum absolute atomic E-state index is 0.0461. The van der Waals surface area contributed by atoms with Gasteiger partial charge in [0, 0.05) is 19.1 Å². The molecule has 2 fully saturated rings. The highest BCUT2D eigenvalue weighted by Crippen LogP contribution is 2.26. The van der Waals surface area contributed by atoms with Gasteiger partial charge in [0.1, 0.15) is 5.75 Å². The summed E-state index contributed by atoms with van der Waals surface area (Å²) < 4.78 is 32.9. The van der Waals surface area contributed by atoms with E-state index in [1.54, 1.807) is 22.5 Å². The van der Waals surface area contributed by atoms with Crippen molar-refractivity contribution in [3.63, 3.8) is 0 Å². The number of nitrogens with zero attached hydrogens (tertiary/aromatic N) is 1. The van der Waals surface area contributed by atoms with Gasteiger partial charge in [0.2, 0.25) is 10.0 Å². The highest BCUT2D eigenvalue weighted by Gasteiger charge is 2.26. The number of piperidine rings is 1. The molecule has 162 valence electrons. The molecular formula is C22H34N2O4S. The van der Waals surface area contributed by atoms with Crippen LogP contribution in [0.15, 0.2) is 23.1 Å². The van der Waals surface area contributed by atoms with Crippen LogP contribution in [0.4, 0.5) is 0 Å². The molecule has 7 heteroatoms. The number of aryl methyl sites for hydroxylation is 1. The van der Waals surface area contributed by atoms with Crippen LogP contribution < -0.4 is 10.1 Å². The van der Waals surface area contributed by atoms with Crippen molar-refractivity contribution in [3.05, 3.63) is 23.8 Å². The van der Waals surface area contributed by atoms with Crippen LogP contribution in [0.2, 0.25) is 0 Å². The maximum atomic E-state index is 12.8. The van der Waals surface area contributed by atoms with E-state index in [9.17, 15) is 13.2 Å². The third-order valence-corrected chi connectivity index (χ3v) is 7.82. The summed E-state index contributed by atoms with van der Waals surface area (Å²) in [5.41, 5.74) is 0.724. The first-order valence-electron chi connectivity index (χ1n) is 11.0. The molecule has 1 saturated carbocycles. The summed E-state index contributed by atoms with van der Waals surface area (Å²) in [5, 5.41) is 3.09. The van der Waals surface area contributed by atoms with Crippen molar-refractivity contribution in [1.82, 2.24) is 9.62 Å². The predicted molar refractivity (Wildman–Crippen MR) is 114 cm³/mol. The fourth-order valence-electron chi connectivity index (χ4n) is 4.21. The number of hydrogen-bond acceptors (Lipinski definition) is 4. The minimum Gasteiger partial charge on any atom is -0.484 e. The van der Waals surface area contributed by atoms with Gasteiger partial charge in [0.05, 0.1) is 4.90 Å². The molecule has 1 aliphatic heterocycles. The van der Waals surface area contributed by atoms with E-state index in [0.717, 1.165) is 50.5 Å². The molecule has 1 aliphatic carbocycles. The Kier molecular flexibility index (Phi) is 7.95. The first-order valence-corrected chi connectivity index (χ1v) is 12.4. The van der Waals surface area contributed by atoms with E-state index in [2.05, 4.69) is 5.32 Å². The standard InChI is InChI=1S/C22H34N2O4S/c1-18-16-20(29(26,27)24-14-8-5-9-15-24)12-13-21(18)28-17-22(25)23-19-10-6-3-2-4-7-11-19/h12-13,16,19H,2-11,14-15,17H2,1H3,(H,23,25). The molecule has 0 radical (unpaired) electrons. The topological polar surface area (TPSA) is 75.7 Å². The van der Waals surface area contributed by atoms with Crippen LogP contribution in [0.3, 0.4) is 0 Å². The Bertz CT molecular complexity index is 780. The molecule has 1 saturated heterocycles. The van der Waals surface area contributed by atoms with Crippen molar-refractivity contribution in [1.29, 1.82) is 0 Å². The molecule has 1 N–H and O–H groups in total. The fourth-order valence-corrected chi connectivity index (χ4v) is 5.81. The zero-order chi connectivity index (χ0) is 20.7. The highest BCUT2D eigenvalue weighted by molar-refractivity contribution is 7.89. The third kappa shape index (κ3) is 6.19. The number of carbonyl (C=O) groups excluding carboxylic acids is 1. The molecular weight excluding hydrogens is 388 g/mol. The Morgan fingerprint density at radius 2 is 1.66 bits per heavy atom. The molecule has 0 spiro atoms. The highest BCUT2D eigenvalue weighted by atomic mass is 32.2. The smallest absolute Gasteiger partial charge is 0.258 e. The molecule has 1 aromatic carbocycles. The normalized spacial score (nSPS) is 19.9. The van der Waals surface area contributed by atoms with Crippen molar-refractivity contribution in [2.24, 2.45) is 0 Å². The Hall–Kier alpha value is -1.60. The van der Waals surface area contributed by atoms with Crippen LogP contribution in [0.1, 0.15) is 69.8 Å². The molecule has 0 unspecified atom stereocenters. The second-order valence-corrected chi connectivity index (χ2v) is 10.2. The molecule has 1 amide bonds. The quantitative estimate of drug-likeness (QED) is 0.757. The number of carbonyl (C=O) groups is 1. The first kappa shape index (κ1) is 22.1. The lowest BCUT2D eigenvalue weighted by Crippen LogP contribution is -2.38. The van der Waals surface area contributed by atoms with Gasteiger partial charge in [0.15, 0.2) is 6.61 Å². The van der Waals surface area contributed by atoms with E-state index in [4.69, 9.17) is 4.74 Å². The lowest BCUT2D eigenvalue weighted by Gasteiger charge is -2.26. The Morgan fingerprint density at radius 1 is 1.03 bits per heavy atom. The molecule has 1 aromatic rings. The number of sulfonamides is 1. The van der Waals surface area contributed by atoms with E-state index in [1.165, 1.54) is 19.3 Å². The Morgan fingerprint density at radius 3 is 2.31 bits per heavy atom. The maximum Gasteiger partial charge on any atom is 0.258 e. The summed E-state index contributed by atoms with van der Waals surface area (Å²) >= 11 is 0. The van der Waals surface area contributed by atoms with Crippen LogP contribution in [-0.2, 0) is 14.8 Å². The first-order chi connectivity index (χ1) is 14.0. The monoisotopic (exact) mass is 422 g/mol. The predicted octanol–water partition coefficient (Wildman–Crippen LogP) is 3.78. The zero-order valence-electron chi connectivity index (χ0n) is 17.5. The summed E-state index contributed by atoms with van der Waals surface area (Å²) in [7, 11) is -3.46. The molecule has 6 nitrogen and oxygen atoms in total. The van der Waals surface area contributed by atoms with Gasteiger partial charge in [-0.05, 0) is 56.4 Å². The number of amides is 1. The van der Waals surface area contributed by atoms with Crippen molar-refractivity contribution in [3.8, 4) is 5.75 Å². The molecule has 0 bridgehead atoms. The average Bonchev–Trinajstić information content (AvgIpc) is 2.69. The van der Waals surface area contributed by atoms with Gasteiger partial charge in [0.25, 0.3) is 5.91 Å². The zero-order valence-corrected chi connectivity index (χ0v) is 18.3. The number of nitrogens with one attached hydrogen (secondary N) is 1. The lowest BCUT2D eigenvalue weighted by molar-refractivity contribution is -0.123. The number of ether oxygens (including phenoxy) is 1. The largest absolute Gasteiger partial charge is 0.484 e. The van der Waals surface area contributed by atoms with Gasteiger partial charge in [-0.25, -0.2) is 8.42 Å². The Labute approximate surface area is 175 Å². The summed E-state index contributed by atoms with van der Waals surface area (Å²) in [6.07, 6.45) is 11.1. The minimum atomic E-state index is -3.46. The van der Waals surface area contributed by atoms with Gasteiger partial charge in [-0.2, -0.15) is 4.31 Å². The van der Waals surface area contributed by atoms with Crippen molar-refractivity contribution in [2.45, 2.75) is 82.1 Å². The molecule has 0 aromatic heterocycles. The Balaban J connectivity index is 1.55. The maximum absolute atomic E-state index is 12.8. The summed E-state index contributed by atoms with van der Waals surface area (Å²) in [5.74, 6) is 0.440. The second-order valence-electron chi connectivity index (χ2n) is 8.29. The summed E-state index contributed by atoms with van der Waals surface area (Å²) in [6.45, 7) is 2.94. The molecule has 3 rings (SSSR count). The van der Waals surface area contributed by atoms with Crippen LogP contribution in [0, 0.1) is 6.92 Å². The fraction of sp³-hybridized carbons (Fsp3) is 0.682. The molecule has 29 heavy (non-hydrogen) atoms. The molecule has 1 heterocycles. The number of rotatable bonds is 6. The van der Waals surface area contributed by atoms with Gasteiger partial charge in [-0.3, -0.25) is 4.79 Å². The van der Waals surface area contributed by atoms with Crippen molar-refractivity contribution in [2.75, 3.05) is 19.7 Å². The van der Waals surface area contributed by atoms with Gasteiger partial charge in [-0.1, -0.05) is 38.5 Å². The van der Waals surface area contributed by atoms with Crippen LogP contribution in [0.25, 0.3) is 0 Å². The van der Waals surface area contributed by atoms with Gasteiger partial charge < -0.3 is 10.1 Å². The lowest BCUT2D eigenvalue weighted by atomic mass is 9.97. The van der Waals surface area contributed by atoms with Crippen LogP contribution >= 0.6 is 0 Å². The number of benzene rings is 1.